The Labute approximate surface area is 182 Å². The second kappa shape index (κ2) is 11.0. The zero-order valence-corrected chi connectivity index (χ0v) is 19.3. The summed E-state index contributed by atoms with van der Waals surface area (Å²) in [7, 11) is 2.23. The Morgan fingerprint density at radius 2 is 2.30 bits per heavy atom. The molecule has 7 nitrogen and oxygen atoms in total. The molecule has 2 aromatic heterocycles. The molecular formula is C18H29IN6OS. The lowest BCUT2D eigenvalue weighted by Gasteiger charge is -2.39. The summed E-state index contributed by atoms with van der Waals surface area (Å²) in [5.74, 6) is 2.53. The van der Waals surface area contributed by atoms with Gasteiger partial charge in [0.2, 0.25) is 5.89 Å². The number of piperidine rings is 1. The number of rotatable bonds is 6. The first-order valence-electron chi connectivity index (χ1n) is 9.22. The van der Waals surface area contributed by atoms with E-state index in [1.165, 1.54) is 17.7 Å². The highest BCUT2D eigenvalue weighted by Gasteiger charge is 2.31. The lowest BCUT2D eigenvalue weighted by atomic mass is 9.88. The van der Waals surface area contributed by atoms with Crippen molar-refractivity contribution in [3.05, 3.63) is 34.1 Å². The molecule has 0 spiro atoms. The van der Waals surface area contributed by atoms with E-state index < -0.39 is 0 Å². The fourth-order valence-electron chi connectivity index (χ4n) is 3.51. The van der Waals surface area contributed by atoms with Gasteiger partial charge in [-0.2, -0.15) is 4.98 Å². The molecule has 1 aliphatic heterocycles. The molecule has 0 aliphatic carbocycles. The zero-order valence-electron chi connectivity index (χ0n) is 16.1. The first kappa shape index (κ1) is 22.1. The van der Waals surface area contributed by atoms with Gasteiger partial charge in [-0.15, -0.1) is 35.3 Å². The van der Waals surface area contributed by atoms with Gasteiger partial charge in [-0.3, -0.25) is 4.90 Å². The van der Waals surface area contributed by atoms with Gasteiger partial charge in [0.05, 0.1) is 0 Å². The van der Waals surface area contributed by atoms with Crippen LogP contribution in [0.25, 0.3) is 0 Å². The topological polar surface area (TPSA) is 78.6 Å². The van der Waals surface area contributed by atoms with Crippen LogP contribution in [0, 0.1) is 12.8 Å². The van der Waals surface area contributed by atoms with Crippen molar-refractivity contribution in [1.82, 2.24) is 25.7 Å². The van der Waals surface area contributed by atoms with Crippen LogP contribution in [-0.4, -0.2) is 47.7 Å². The average molecular weight is 504 g/mol. The Bertz CT molecular complexity index is 705. The van der Waals surface area contributed by atoms with Crippen LogP contribution < -0.4 is 10.6 Å². The van der Waals surface area contributed by atoms with E-state index >= 15 is 0 Å². The van der Waals surface area contributed by atoms with Gasteiger partial charge in [-0.25, -0.2) is 4.99 Å². The highest BCUT2D eigenvalue weighted by molar-refractivity contribution is 14.0. The van der Waals surface area contributed by atoms with Crippen molar-refractivity contribution in [3.8, 4) is 0 Å². The molecule has 2 N–H and O–H groups in total. The SMILES string of the molecule is CCNC(=NCc1noc(C)n1)NCC1CCCN(C)C1c1cccs1.I. The van der Waals surface area contributed by atoms with E-state index in [1.54, 1.807) is 6.92 Å². The molecule has 0 aromatic carbocycles. The quantitative estimate of drug-likeness (QED) is 0.358. The van der Waals surface area contributed by atoms with Crippen LogP contribution in [0.15, 0.2) is 27.0 Å². The summed E-state index contributed by atoms with van der Waals surface area (Å²) in [6.07, 6.45) is 2.46. The molecule has 1 fully saturated rings. The number of aliphatic imine (C=N–C) groups is 1. The maximum absolute atomic E-state index is 5.00. The predicted octanol–water partition coefficient (Wildman–Crippen LogP) is 3.20. The number of nitrogens with one attached hydrogen (secondary N) is 2. The summed E-state index contributed by atoms with van der Waals surface area (Å²) in [5.41, 5.74) is 0. The van der Waals surface area contributed by atoms with Crippen LogP contribution in [-0.2, 0) is 6.54 Å². The number of aromatic nitrogens is 2. The van der Waals surface area contributed by atoms with E-state index in [4.69, 9.17) is 4.52 Å². The van der Waals surface area contributed by atoms with Gasteiger partial charge < -0.3 is 15.2 Å². The third-order valence-corrected chi connectivity index (χ3v) is 5.61. The first-order chi connectivity index (χ1) is 12.7. The van der Waals surface area contributed by atoms with E-state index in [-0.39, 0.29) is 24.0 Å². The highest BCUT2D eigenvalue weighted by atomic mass is 127. The van der Waals surface area contributed by atoms with Crippen molar-refractivity contribution in [1.29, 1.82) is 0 Å². The van der Waals surface area contributed by atoms with Crippen LogP contribution in [0.4, 0.5) is 0 Å². The fraction of sp³-hybridized carbons (Fsp3) is 0.611. The third kappa shape index (κ3) is 6.15. The van der Waals surface area contributed by atoms with Gasteiger partial charge in [0.15, 0.2) is 11.8 Å². The van der Waals surface area contributed by atoms with Crippen LogP contribution in [0.3, 0.4) is 0 Å². The van der Waals surface area contributed by atoms with E-state index in [0.717, 1.165) is 25.6 Å². The van der Waals surface area contributed by atoms with Crippen LogP contribution in [0.2, 0.25) is 0 Å². The smallest absolute Gasteiger partial charge is 0.223 e. The molecule has 27 heavy (non-hydrogen) atoms. The van der Waals surface area contributed by atoms with E-state index in [0.29, 0.717) is 30.2 Å². The van der Waals surface area contributed by atoms with Gasteiger partial charge in [0.25, 0.3) is 0 Å². The third-order valence-electron chi connectivity index (χ3n) is 4.67. The van der Waals surface area contributed by atoms with E-state index in [1.807, 2.05) is 11.3 Å². The van der Waals surface area contributed by atoms with Gasteiger partial charge in [-0.05, 0) is 50.7 Å². The summed E-state index contributed by atoms with van der Waals surface area (Å²) < 4.78 is 5.00. The summed E-state index contributed by atoms with van der Waals surface area (Å²) in [6, 6.07) is 4.87. The number of aryl methyl sites for hydroxylation is 1. The number of thiophene rings is 1. The number of halogens is 1. The number of hydrogen-bond donors (Lipinski definition) is 2. The summed E-state index contributed by atoms with van der Waals surface area (Å²) in [4.78, 5) is 12.7. The van der Waals surface area contributed by atoms with Gasteiger partial charge in [0.1, 0.15) is 6.54 Å². The molecule has 150 valence electrons. The Morgan fingerprint density at radius 1 is 1.44 bits per heavy atom. The summed E-state index contributed by atoms with van der Waals surface area (Å²) in [6.45, 7) is 7.13. The monoisotopic (exact) mass is 504 g/mol. The zero-order chi connectivity index (χ0) is 18.4. The first-order valence-corrected chi connectivity index (χ1v) is 10.1. The van der Waals surface area contributed by atoms with Crippen molar-refractivity contribution in [2.75, 3.05) is 26.7 Å². The summed E-state index contributed by atoms with van der Waals surface area (Å²) in [5, 5.41) is 12.9. The minimum atomic E-state index is 0. The Balaban J connectivity index is 0.00000261. The molecule has 3 heterocycles. The van der Waals surface area contributed by atoms with Gasteiger partial charge >= 0.3 is 0 Å². The molecule has 0 bridgehead atoms. The molecule has 0 radical (unpaired) electrons. The highest BCUT2D eigenvalue weighted by Crippen LogP contribution is 2.36. The fourth-order valence-corrected chi connectivity index (χ4v) is 4.49. The van der Waals surface area contributed by atoms with E-state index in [9.17, 15) is 0 Å². The number of guanidine groups is 1. The molecule has 3 rings (SSSR count). The number of likely N-dealkylation sites (tertiary alicyclic amines) is 1. The lowest BCUT2D eigenvalue weighted by molar-refractivity contribution is 0.125. The normalized spacial score (nSPS) is 20.9. The van der Waals surface area contributed by atoms with Crippen LogP contribution in [0.5, 0.6) is 0 Å². The lowest BCUT2D eigenvalue weighted by Crippen LogP contribution is -2.44. The molecule has 0 amide bonds. The van der Waals surface area contributed by atoms with Crippen molar-refractivity contribution in [2.45, 2.75) is 39.3 Å². The molecule has 2 aromatic rings. The maximum atomic E-state index is 5.00. The minimum Gasteiger partial charge on any atom is -0.357 e. The Morgan fingerprint density at radius 3 is 2.96 bits per heavy atom. The Kier molecular flexibility index (Phi) is 8.97. The van der Waals surface area contributed by atoms with Crippen LogP contribution >= 0.6 is 35.3 Å². The predicted molar refractivity (Wildman–Crippen MR) is 120 cm³/mol. The van der Waals surface area contributed by atoms with E-state index in [2.05, 4.69) is 62.2 Å². The molecule has 9 heteroatoms. The van der Waals surface area contributed by atoms with Crippen LogP contribution in [0.1, 0.15) is 42.4 Å². The van der Waals surface area contributed by atoms with Crippen molar-refractivity contribution in [2.24, 2.45) is 10.9 Å². The molecule has 2 atom stereocenters. The number of hydrogen-bond acceptors (Lipinski definition) is 6. The van der Waals surface area contributed by atoms with Gasteiger partial charge in [0, 0.05) is 30.9 Å². The minimum absolute atomic E-state index is 0. The molecule has 1 aliphatic rings. The average Bonchev–Trinajstić information content (AvgIpc) is 3.29. The van der Waals surface area contributed by atoms with Crippen molar-refractivity contribution >= 4 is 41.3 Å². The molecule has 2 unspecified atom stereocenters. The number of nitrogens with zero attached hydrogens (tertiary/aromatic N) is 4. The van der Waals surface area contributed by atoms with Crippen molar-refractivity contribution < 1.29 is 4.52 Å². The van der Waals surface area contributed by atoms with Crippen molar-refractivity contribution in [3.63, 3.8) is 0 Å². The maximum Gasteiger partial charge on any atom is 0.223 e. The standard InChI is InChI=1S/C18H28N6OS.HI/c1-4-19-18(21-12-16-22-13(2)25-23-16)20-11-14-7-5-9-24(3)17(14)15-8-6-10-26-15;/h6,8,10,14,17H,4-5,7,9,11-12H2,1-3H3,(H2,19,20,21);1H. The summed E-state index contributed by atoms with van der Waals surface area (Å²) >= 11 is 1.85. The van der Waals surface area contributed by atoms with Gasteiger partial charge in [-0.1, -0.05) is 11.2 Å². The largest absolute Gasteiger partial charge is 0.357 e. The second-order valence-corrected chi connectivity index (χ2v) is 7.63. The Hall–Kier alpha value is -1.20. The second-order valence-electron chi connectivity index (χ2n) is 6.65. The molecule has 1 saturated heterocycles. The molecule has 0 saturated carbocycles. The molecular weight excluding hydrogens is 475 g/mol.